The summed E-state index contributed by atoms with van der Waals surface area (Å²) in [5.74, 6) is 0. The van der Waals surface area contributed by atoms with Crippen molar-refractivity contribution < 1.29 is 4.79 Å². The van der Waals surface area contributed by atoms with Crippen molar-refractivity contribution in [3.8, 4) is 39.6 Å². The number of nitrogens with one attached hydrogen (secondary N) is 1. The first-order chi connectivity index (χ1) is 14.2. The number of aromatic nitrogens is 2. The molecule has 29 heavy (non-hydrogen) atoms. The lowest BCUT2D eigenvalue weighted by Crippen LogP contribution is -2.12. The normalized spacial score (nSPS) is 10.3. The highest BCUT2D eigenvalue weighted by atomic mass is 16.1. The largest absolute Gasteiger partial charge is 0.328 e. The number of nitriles is 1. The lowest BCUT2D eigenvalue weighted by Gasteiger charge is -2.16. The molecule has 4 aromatic rings. The molecule has 0 saturated carbocycles. The van der Waals surface area contributed by atoms with Gasteiger partial charge in [0.2, 0.25) is 0 Å². The number of benzene rings is 2. The quantitative estimate of drug-likeness (QED) is 0.532. The molecule has 0 fully saturated rings. The predicted molar refractivity (Wildman–Crippen MR) is 111 cm³/mol. The van der Waals surface area contributed by atoms with E-state index >= 15 is 0 Å². The number of aldehydes is 1. The monoisotopic (exact) mass is 377 g/mol. The number of aromatic amines is 1. The number of H-pyrrole nitrogens is 1. The fourth-order valence-corrected chi connectivity index (χ4v) is 3.42. The standard InChI is InChI=1S/C24H15N3O2/c25-13-16-7-1-3-9-18(16)23-22(19-10-4-2-8-17(19)15-28)20(14-27-24(23)29)21-11-5-6-12-26-21/h1-12,14-15H,(H,27,29). The molecule has 2 aromatic carbocycles. The van der Waals surface area contributed by atoms with E-state index < -0.39 is 0 Å². The summed E-state index contributed by atoms with van der Waals surface area (Å²) in [6.07, 6.45) is 4.03. The summed E-state index contributed by atoms with van der Waals surface area (Å²) in [6, 6.07) is 21.6. The van der Waals surface area contributed by atoms with Crippen molar-refractivity contribution in [3.05, 3.63) is 101 Å². The van der Waals surface area contributed by atoms with Gasteiger partial charge in [-0.05, 0) is 23.8 Å². The van der Waals surface area contributed by atoms with Gasteiger partial charge in [0.05, 0.1) is 22.9 Å². The summed E-state index contributed by atoms with van der Waals surface area (Å²) in [6.45, 7) is 0. The van der Waals surface area contributed by atoms with Gasteiger partial charge in [0.1, 0.15) is 0 Å². The molecule has 2 heterocycles. The van der Waals surface area contributed by atoms with Crippen molar-refractivity contribution in [1.29, 1.82) is 5.26 Å². The van der Waals surface area contributed by atoms with E-state index in [0.29, 0.717) is 44.6 Å². The van der Waals surface area contributed by atoms with Crippen LogP contribution in [0.15, 0.2) is 83.9 Å². The van der Waals surface area contributed by atoms with Gasteiger partial charge in [-0.25, -0.2) is 0 Å². The lowest BCUT2D eigenvalue weighted by atomic mass is 9.87. The number of carbonyl (C=O) groups excluding carboxylic acids is 1. The molecule has 0 spiro atoms. The number of hydrogen-bond acceptors (Lipinski definition) is 4. The van der Waals surface area contributed by atoms with Crippen molar-refractivity contribution in [1.82, 2.24) is 9.97 Å². The van der Waals surface area contributed by atoms with Crippen LogP contribution in [0.2, 0.25) is 0 Å². The van der Waals surface area contributed by atoms with Gasteiger partial charge in [0, 0.05) is 34.6 Å². The average Bonchev–Trinajstić information content (AvgIpc) is 2.79. The SMILES string of the molecule is N#Cc1ccccc1-c1c(-c2ccccc2C=O)c(-c2ccccn2)c[nH]c1=O. The number of rotatable bonds is 4. The van der Waals surface area contributed by atoms with Crippen LogP contribution < -0.4 is 5.56 Å². The Bertz CT molecular complexity index is 1300. The van der Waals surface area contributed by atoms with E-state index in [0.717, 1.165) is 6.29 Å². The van der Waals surface area contributed by atoms with Crippen LogP contribution in [0.4, 0.5) is 0 Å². The van der Waals surface area contributed by atoms with E-state index in [-0.39, 0.29) is 5.56 Å². The topological polar surface area (TPSA) is 86.6 Å². The summed E-state index contributed by atoms with van der Waals surface area (Å²) in [4.78, 5) is 31.9. The number of pyridine rings is 2. The fourth-order valence-electron chi connectivity index (χ4n) is 3.42. The van der Waals surface area contributed by atoms with E-state index in [9.17, 15) is 14.9 Å². The highest BCUT2D eigenvalue weighted by molar-refractivity contribution is 5.99. The minimum Gasteiger partial charge on any atom is -0.328 e. The second kappa shape index (κ2) is 7.75. The van der Waals surface area contributed by atoms with Crippen LogP contribution in [0.1, 0.15) is 15.9 Å². The fraction of sp³-hybridized carbons (Fsp3) is 0. The maximum atomic E-state index is 13.0. The van der Waals surface area contributed by atoms with Crippen molar-refractivity contribution in [3.63, 3.8) is 0 Å². The molecule has 0 aliphatic heterocycles. The minimum absolute atomic E-state index is 0.333. The summed E-state index contributed by atoms with van der Waals surface area (Å²) in [7, 11) is 0. The highest BCUT2D eigenvalue weighted by Gasteiger charge is 2.21. The molecule has 0 atom stereocenters. The molecule has 0 bridgehead atoms. The Labute approximate surface area is 166 Å². The minimum atomic E-state index is -0.344. The zero-order chi connectivity index (χ0) is 20.2. The molecule has 138 valence electrons. The summed E-state index contributed by atoms with van der Waals surface area (Å²) in [5.41, 5.74) is 3.81. The first-order valence-corrected chi connectivity index (χ1v) is 8.95. The molecule has 0 amide bonds. The van der Waals surface area contributed by atoms with E-state index in [1.807, 2.05) is 18.2 Å². The Morgan fingerprint density at radius 1 is 0.862 bits per heavy atom. The van der Waals surface area contributed by atoms with Gasteiger partial charge in [0.25, 0.3) is 5.56 Å². The highest BCUT2D eigenvalue weighted by Crippen LogP contribution is 2.39. The van der Waals surface area contributed by atoms with Crippen LogP contribution >= 0.6 is 0 Å². The smallest absolute Gasteiger partial charge is 0.256 e. The van der Waals surface area contributed by atoms with Gasteiger partial charge >= 0.3 is 0 Å². The molecule has 4 rings (SSSR count). The molecule has 0 aliphatic rings. The van der Waals surface area contributed by atoms with Gasteiger partial charge in [-0.3, -0.25) is 14.6 Å². The van der Waals surface area contributed by atoms with Crippen LogP contribution in [0, 0.1) is 11.3 Å². The van der Waals surface area contributed by atoms with Crippen LogP contribution in [0.5, 0.6) is 0 Å². The first kappa shape index (κ1) is 18.1. The Hall–Kier alpha value is -4.30. The third-order valence-electron chi connectivity index (χ3n) is 4.71. The van der Waals surface area contributed by atoms with Crippen molar-refractivity contribution in [2.45, 2.75) is 0 Å². The molecule has 2 aromatic heterocycles. The van der Waals surface area contributed by atoms with Gasteiger partial charge in [-0.1, -0.05) is 48.5 Å². The Morgan fingerprint density at radius 2 is 1.59 bits per heavy atom. The maximum absolute atomic E-state index is 13.0. The van der Waals surface area contributed by atoms with Crippen LogP contribution in [0.25, 0.3) is 33.5 Å². The van der Waals surface area contributed by atoms with E-state index in [4.69, 9.17) is 0 Å². The zero-order valence-electron chi connectivity index (χ0n) is 15.3. The van der Waals surface area contributed by atoms with E-state index in [1.54, 1.807) is 60.9 Å². The number of carbonyl (C=O) groups is 1. The van der Waals surface area contributed by atoms with Gasteiger partial charge in [0.15, 0.2) is 6.29 Å². The summed E-state index contributed by atoms with van der Waals surface area (Å²) in [5, 5.41) is 9.59. The molecule has 5 heteroatoms. The molecule has 1 N–H and O–H groups in total. The second-order valence-corrected chi connectivity index (χ2v) is 6.36. The maximum Gasteiger partial charge on any atom is 0.256 e. The third kappa shape index (κ3) is 3.24. The van der Waals surface area contributed by atoms with Crippen LogP contribution in [-0.4, -0.2) is 16.3 Å². The Balaban J connectivity index is 2.18. The molecule has 0 saturated heterocycles. The van der Waals surface area contributed by atoms with E-state index in [2.05, 4.69) is 16.0 Å². The number of hydrogen-bond donors (Lipinski definition) is 1. The van der Waals surface area contributed by atoms with E-state index in [1.165, 1.54) is 0 Å². The Kier molecular flexibility index (Phi) is 4.83. The predicted octanol–water partition coefficient (Wildman–Crippen LogP) is 4.46. The average molecular weight is 377 g/mol. The summed E-state index contributed by atoms with van der Waals surface area (Å²) < 4.78 is 0. The van der Waals surface area contributed by atoms with Crippen molar-refractivity contribution in [2.75, 3.05) is 0 Å². The third-order valence-corrected chi connectivity index (χ3v) is 4.71. The van der Waals surface area contributed by atoms with Crippen molar-refractivity contribution >= 4 is 6.29 Å². The molecular weight excluding hydrogens is 362 g/mol. The van der Waals surface area contributed by atoms with Crippen LogP contribution in [-0.2, 0) is 0 Å². The molecular formula is C24H15N3O2. The van der Waals surface area contributed by atoms with Gasteiger partial charge in [-0.2, -0.15) is 5.26 Å². The lowest BCUT2D eigenvalue weighted by molar-refractivity contribution is 0.112. The second-order valence-electron chi connectivity index (χ2n) is 6.36. The zero-order valence-corrected chi connectivity index (χ0v) is 15.3. The molecule has 0 unspecified atom stereocenters. The molecule has 0 aliphatic carbocycles. The summed E-state index contributed by atoms with van der Waals surface area (Å²) >= 11 is 0. The van der Waals surface area contributed by atoms with Crippen molar-refractivity contribution in [2.24, 2.45) is 0 Å². The first-order valence-electron chi connectivity index (χ1n) is 8.95. The van der Waals surface area contributed by atoms with Crippen LogP contribution in [0.3, 0.4) is 0 Å². The number of nitrogens with zero attached hydrogens (tertiary/aromatic N) is 2. The van der Waals surface area contributed by atoms with Gasteiger partial charge in [-0.15, -0.1) is 0 Å². The Morgan fingerprint density at radius 3 is 2.31 bits per heavy atom. The molecule has 5 nitrogen and oxygen atoms in total. The van der Waals surface area contributed by atoms with Gasteiger partial charge < -0.3 is 4.98 Å². The molecule has 0 radical (unpaired) electrons.